The Morgan fingerprint density at radius 2 is 2.28 bits per heavy atom. The number of carbonyl (C=O) groups is 1. The van der Waals surface area contributed by atoms with Gasteiger partial charge in [0.25, 0.3) is 0 Å². The van der Waals surface area contributed by atoms with E-state index in [1.54, 1.807) is 12.1 Å². The number of aromatic nitrogens is 2. The number of rotatable bonds is 3. The standard InChI is InChI=1S/C11H8N4O2S/c16-10(8-2-1-4-17-8)15-14-9-7-3-5-18-11(7)13-6-12-9/h1-6H,(H,15,16)(H,12,13,14). The SMILES string of the molecule is O=C(NNc1ncnc2sccc12)c1ccco1. The molecule has 0 fully saturated rings. The highest BCUT2D eigenvalue weighted by atomic mass is 32.1. The van der Waals surface area contributed by atoms with E-state index in [2.05, 4.69) is 20.8 Å². The van der Waals surface area contributed by atoms with Crippen LogP contribution in [0.3, 0.4) is 0 Å². The number of furan rings is 1. The van der Waals surface area contributed by atoms with E-state index in [0.29, 0.717) is 5.82 Å². The largest absolute Gasteiger partial charge is 0.459 e. The van der Waals surface area contributed by atoms with Crippen molar-refractivity contribution in [2.24, 2.45) is 0 Å². The minimum atomic E-state index is -0.359. The second-order valence-corrected chi connectivity index (χ2v) is 4.31. The normalized spacial score (nSPS) is 10.4. The predicted octanol–water partition coefficient (Wildman–Crippen LogP) is 2.04. The number of carbonyl (C=O) groups excluding carboxylic acids is 1. The van der Waals surface area contributed by atoms with E-state index < -0.39 is 0 Å². The lowest BCUT2D eigenvalue weighted by molar-refractivity contribution is 0.0935. The highest BCUT2D eigenvalue weighted by molar-refractivity contribution is 7.16. The van der Waals surface area contributed by atoms with Crippen LogP contribution < -0.4 is 10.9 Å². The molecular formula is C11H8N4O2S. The van der Waals surface area contributed by atoms with Gasteiger partial charge in [-0.2, -0.15) is 0 Å². The van der Waals surface area contributed by atoms with Crippen LogP contribution in [0.1, 0.15) is 10.6 Å². The molecule has 2 N–H and O–H groups in total. The minimum Gasteiger partial charge on any atom is -0.459 e. The van der Waals surface area contributed by atoms with Crippen molar-refractivity contribution in [3.05, 3.63) is 41.9 Å². The Hall–Kier alpha value is -2.41. The second-order valence-electron chi connectivity index (χ2n) is 3.42. The van der Waals surface area contributed by atoms with Gasteiger partial charge in [0.05, 0.1) is 11.6 Å². The lowest BCUT2D eigenvalue weighted by Crippen LogP contribution is -2.29. The maximum atomic E-state index is 11.6. The van der Waals surface area contributed by atoms with E-state index in [9.17, 15) is 4.79 Å². The van der Waals surface area contributed by atoms with Gasteiger partial charge in [-0.15, -0.1) is 11.3 Å². The van der Waals surface area contributed by atoms with Gasteiger partial charge in [0, 0.05) is 0 Å². The number of amides is 1. The smallest absolute Gasteiger partial charge is 0.305 e. The number of hydrazine groups is 1. The highest BCUT2D eigenvalue weighted by Gasteiger charge is 2.09. The summed E-state index contributed by atoms with van der Waals surface area (Å²) in [4.78, 5) is 20.7. The maximum Gasteiger partial charge on any atom is 0.305 e. The molecule has 0 saturated heterocycles. The first-order valence-electron chi connectivity index (χ1n) is 5.12. The van der Waals surface area contributed by atoms with Crippen LogP contribution in [-0.4, -0.2) is 15.9 Å². The molecule has 6 nitrogen and oxygen atoms in total. The van der Waals surface area contributed by atoms with Crippen LogP contribution in [0.15, 0.2) is 40.6 Å². The third kappa shape index (κ3) is 1.91. The fourth-order valence-electron chi connectivity index (χ4n) is 1.47. The summed E-state index contributed by atoms with van der Waals surface area (Å²) in [5.74, 6) is 0.432. The Kier molecular flexibility index (Phi) is 2.66. The van der Waals surface area contributed by atoms with E-state index in [0.717, 1.165) is 10.2 Å². The summed E-state index contributed by atoms with van der Waals surface area (Å²) in [6.07, 6.45) is 2.89. The molecule has 0 bridgehead atoms. The summed E-state index contributed by atoms with van der Waals surface area (Å²) in [5, 5.41) is 2.78. The summed E-state index contributed by atoms with van der Waals surface area (Å²) in [7, 11) is 0. The Balaban J connectivity index is 1.77. The van der Waals surface area contributed by atoms with Crippen molar-refractivity contribution in [2.45, 2.75) is 0 Å². The van der Waals surface area contributed by atoms with Gasteiger partial charge in [-0.3, -0.25) is 15.6 Å². The number of nitrogens with zero attached hydrogens (tertiary/aromatic N) is 2. The van der Waals surface area contributed by atoms with Crippen molar-refractivity contribution in [1.29, 1.82) is 0 Å². The zero-order valence-corrected chi connectivity index (χ0v) is 9.90. The average molecular weight is 260 g/mol. The van der Waals surface area contributed by atoms with E-state index in [4.69, 9.17) is 4.42 Å². The van der Waals surface area contributed by atoms with Crippen LogP contribution in [0.2, 0.25) is 0 Å². The molecule has 3 aromatic rings. The van der Waals surface area contributed by atoms with Gasteiger partial charge in [0.1, 0.15) is 11.2 Å². The van der Waals surface area contributed by atoms with E-state index >= 15 is 0 Å². The van der Waals surface area contributed by atoms with Gasteiger partial charge in [0.2, 0.25) is 0 Å². The summed E-state index contributed by atoms with van der Waals surface area (Å²) in [6, 6.07) is 5.12. The molecule has 0 atom stereocenters. The fraction of sp³-hybridized carbons (Fsp3) is 0. The van der Waals surface area contributed by atoms with Crippen molar-refractivity contribution < 1.29 is 9.21 Å². The lowest BCUT2D eigenvalue weighted by Gasteiger charge is -2.06. The average Bonchev–Trinajstić information content (AvgIpc) is 3.05. The number of nitrogens with one attached hydrogen (secondary N) is 2. The first-order valence-corrected chi connectivity index (χ1v) is 6.00. The van der Waals surface area contributed by atoms with Gasteiger partial charge >= 0.3 is 5.91 Å². The lowest BCUT2D eigenvalue weighted by atomic mass is 10.4. The van der Waals surface area contributed by atoms with Gasteiger partial charge in [0.15, 0.2) is 11.6 Å². The Morgan fingerprint density at radius 3 is 3.11 bits per heavy atom. The van der Waals surface area contributed by atoms with Crippen molar-refractivity contribution in [3.8, 4) is 0 Å². The van der Waals surface area contributed by atoms with Crippen LogP contribution in [0, 0.1) is 0 Å². The van der Waals surface area contributed by atoms with Crippen LogP contribution in [0.25, 0.3) is 10.2 Å². The van der Waals surface area contributed by atoms with Gasteiger partial charge < -0.3 is 4.42 Å². The molecule has 90 valence electrons. The van der Waals surface area contributed by atoms with Crippen molar-refractivity contribution in [3.63, 3.8) is 0 Å². The summed E-state index contributed by atoms with van der Waals surface area (Å²) in [5.41, 5.74) is 5.27. The van der Waals surface area contributed by atoms with E-state index in [-0.39, 0.29) is 11.7 Å². The zero-order valence-electron chi connectivity index (χ0n) is 9.08. The predicted molar refractivity (Wildman–Crippen MR) is 67.2 cm³/mol. The van der Waals surface area contributed by atoms with E-state index in [1.807, 2.05) is 11.4 Å². The van der Waals surface area contributed by atoms with E-state index in [1.165, 1.54) is 23.9 Å². The number of hydrogen-bond donors (Lipinski definition) is 2. The number of fused-ring (bicyclic) bond motifs is 1. The third-order valence-corrected chi connectivity index (χ3v) is 3.12. The molecule has 3 rings (SSSR count). The highest BCUT2D eigenvalue weighted by Crippen LogP contribution is 2.22. The zero-order chi connectivity index (χ0) is 12.4. The molecule has 3 aromatic heterocycles. The second kappa shape index (κ2) is 4.46. The maximum absolute atomic E-state index is 11.6. The summed E-state index contributed by atoms with van der Waals surface area (Å²) < 4.78 is 4.97. The molecule has 0 aliphatic rings. The van der Waals surface area contributed by atoms with Gasteiger partial charge in [-0.05, 0) is 23.6 Å². The molecule has 7 heteroatoms. The molecule has 1 amide bonds. The topological polar surface area (TPSA) is 80.0 Å². The van der Waals surface area contributed by atoms with Crippen LogP contribution in [0.5, 0.6) is 0 Å². The van der Waals surface area contributed by atoms with Crippen LogP contribution in [-0.2, 0) is 0 Å². The van der Waals surface area contributed by atoms with Crippen LogP contribution >= 0.6 is 11.3 Å². The molecule has 0 aliphatic carbocycles. The summed E-state index contributed by atoms with van der Waals surface area (Å²) >= 11 is 1.51. The Labute approximate surface area is 106 Å². The molecule has 0 saturated carbocycles. The number of thiophene rings is 1. The Morgan fingerprint density at radius 1 is 1.33 bits per heavy atom. The molecule has 0 radical (unpaired) electrons. The van der Waals surface area contributed by atoms with Gasteiger partial charge in [-0.25, -0.2) is 9.97 Å². The molecule has 0 aliphatic heterocycles. The molecule has 3 heterocycles. The first kappa shape index (κ1) is 10.7. The van der Waals surface area contributed by atoms with Gasteiger partial charge in [-0.1, -0.05) is 0 Å². The molecule has 0 spiro atoms. The Bertz CT molecular complexity index is 677. The summed E-state index contributed by atoms with van der Waals surface area (Å²) in [6.45, 7) is 0. The quantitative estimate of drug-likeness (QED) is 0.704. The van der Waals surface area contributed by atoms with Crippen molar-refractivity contribution in [2.75, 3.05) is 5.43 Å². The van der Waals surface area contributed by atoms with Crippen molar-refractivity contribution >= 4 is 33.3 Å². The number of anilines is 1. The number of hydrogen-bond acceptors (Lipinski definition) is 6. The molecule has 0 aromatic carbocycles. The first-order chi connectivity index (χ1) is 8.84. The molecule has 0 unspecified atom stereocenters. The van der Waals surface area contributed by atoms with Crippen LogP contribution in [0.4, 0.5) is 5.82 Å². The monoisotopic (exact) mass is 260 g/mol. The fourth-order valence-corrected chi connectivity index (χ4v) is 2.21. The molecular weight excluding hydrogens is 252 g/mol. The molecule has 18 heavy (non-hydrogen) atoms. The minimum absolute atomic E-state index is 0.234. The van der Waals surface area contributed by atoms with Crippen molar-refractivity contribution in [1.82, 2.24) is 15.4 Å². The third-order valence-electron chi connectivity index (χ3n) is 2.30.